The van der Waals surface area contributed by atoms with Crippen LogP contribution in [-0.2, 0) is 7.05 Å². The van der Waals surface area contributed by atoms with E-state index in [1.54, 1.807) is 11.8 Å². The molecule has 16 heavy (non-hydrogen) atoms. The quantitative estimate of drug-likeness (QED) is 0.759. The average Bonchev–Trinajstić information content (AvgIpc) is 2.62. The topological polar surface area (TPSA) is 46.0 Å². The summed E-state index contributed by atoms with van der Waals surface area (Å²) in [6.45, 7) is 7.68. The molecule has 1 saturated heterocycles. The predicted molar refractivity (Wildman–Crippen MR) is 65.8 cm³/mol. The van der Waals surface area contributed by atoms with Gasteiger partial charge in [0, 0.05) is 45.5 Å². The number of aromatic nitrogens is 3. The maximum absolute atomic E-state index is 4.14. The van der Waals surface area contributed by atoms with Gasteiger partial charge in [-0.2, -0.15) is 0 Å². The Balaban J connectivity index is 1.73. The minimum absolute atomic E-state index is 0.977. The highest BCUT2D eigenvalue weighted by Gasteiger charge is 2.10. The molecular formula is C10H19N5S. The van der Waals surface area contributed by atoms with Gasteiger partial charge in [0.25, 0.3) is 0 Å². The van der Waals surface area contributed by atoms with Crippen molar-refractivity contribution in [2.75, 3.05) is 38.5 Å². The summed E-state index contributed by atoms with van der Waals surface area (Å²) in [6, 6.07) is 0. The highest BCUT2D eigenvalue weighted by Crippen LogP contribution is 2.15. The van der Waals surface area contributed by atoms with E-state index >= 15 is 0 Å². The Morgan fingerprint density at radius 2 is 2.06 bits per heavy atom. The molecule has 0 aromatic carbocycles. The minimum atomic E-state index is 0.977. The lowest BCUT2D eigenvalue weighted by molar-refractivity contribution is 0.255. The van der Waals surface area contributed by atoms with Crippen LogP contribution in [0.5, 0.6) is 0 Å². The molecule has 6 heteroatoms. The van der Waals surface area contributed by atoms with E-state index < -0.39 is 0 Å². The predicted octanol–water partition coefficient (Wildman–Crippen LogP) is 0.121. The van der Waals surface area contributed by atoms with Gasteiger partial charge in [-0.3, -0.25) is 4.90 Å². The lowest BCUT2D eigenvalue weighted by Crippen LogP contribution is -2.44. The summed E-state index contributed by atoms with van der Waals surface area (Å²) in [6.07, 6.45) is 0. The number of hydrogen-bond donors (Lipinski definition) is 1. The Hall–Kier alpha value is -0.590. The molecule has 2 rings (SSSR count). The van der Waals surface area contributed by atoms with Crippen LogP contribution < -0.4 is 5.32 Å². The molecular weight excluding hydrogens is 222 g/mol. The fraction of sp³-hybridized carbons (Fsp3) is 0.800. The second-order valence-electron chi connectivity index (χ2n) is 4.03. The molecule has 2 heterocycles. The van der Waals surface area contributed by atoms with Crippen molar-refractivity contribution in [3.63, 3.8) is 0 Å². The second kappa shape index (κ2) is 5.65. The first-order valence-corrected chi connectivity index (χ1v) is 6.68. The van der Waals surface area contributed by atoms with Crippen molar-refractivity contribution in [3.05, 3.63) is 5.82 Å². The molecule has 5 nitrogen and oxygen atoms in total. The molecule has 0 bridgehead atoms. The summed E-state index contributed by atoms with van der Waals surface area (Å²) in [5, 5.41) is 12.6. The maximum atomic E-state index is 4.14. The van der Waals surface area contributed by atoms with Crippen LogP contribution in [0.4, 0.5) is 0 Å². The molecule has 1 N–H and O–H groups in total. The molecule has 90 valence electrons. The maximum Gasteiger partial charge on any atom is 0.190 e. The van der Waals surface area contributed by atoms with Crippen molar-refractivity contribution in [3.8, 4) is 0 Å². The van der Waals surface area contributed by atoms with E-state index in [4.69, 9.17) is 0 Å². The van der Waals surface area contributed by atoms with Crippen LogP contribution in [0, 0.1) is 6.92 Å². The first-order valence-electron chi connectivity index (χ1n) is 5.69. The van der Waals surface area contributed by atoms with Crippen LogP contribution in [-0.4, -0.2) is 58.1 Å². The average molecular weight is 241 g/mol. The van der Waals surface area contributed by atoms with E-state index in [9.17, 15) is 0 Å². The molecule has 1 aromatic rings. The molecule has 0 amide bonds. The van der Waals surface area contributed by atoms with Gasteiger partial charge in [0.2, 0.25) is 0 Å². The fourth-order valence-corrected chi connectivity index (χ4v) is 2.67. The normalized spacial score (nSPS) is 17.9. The third kappa shape index (κ3) is 2.96. The van der Waals surface area contributed by atoms with Crippen molar-refractivity contribution < 1.29 is 0 Å². The number of piperazine rings is 1. The molecule has 0 unspecified atom stereocenters. The Labute approximate surface area is 101 Å². The van der Waals surface area contributed by atoms with Gasteiger partial charge in [-0.15, -0.1) is 10.2 Å². The summed E-state index contributed by atoms with van der Waals surface area (Å²) < 4.78 is 2.04. The van der Waals surface area contributed by atoms with Crippen molar-refractivity contribution in [2.24, 2.45) is 7.05 Å². The second-order valence-corrected chi connectivity index (χ2v) is 5.09. The summed E-state index contributed by atoms with van der Waals surface area (Å²) in [4.78, 5) is 2.49. The van der Waals surface area contributed by atoms with Gasteiger partial charge in [-0.25, -0.2) is 0 Å². The monoisotopic (exact) mass is 241 g/mol. The molecule has 0 aliphatic carbocycles. The number of aryl methyl sites for hydroxylation is 1. The third-order valence-electron chi connectivity index (χ3n) is 2.90. The Bertz CT molecular complexity index is 332. The molecule has 0 atom stereocenters. The van der Waals surface area contributed by atoms with Crippen molar-refractivity contribution in [1.29, 1.82) is 0 Å². The van der Waals surface area contributed by atoms with Crippen molar-refractivity contribution in [1.82, 2.24) is 25.0 Å². The van der Waals surface area contributed by atoms with Crippen LogP contribution in [0.3, 0.4) is 0 Å². The van der Waals surface area contributed by atoms with E-state index in [2.05, 4.69) is 20.4 Å². The van der Waals surface area contributed by atoms with Gasteiger partial charge in [0.15, 0.2) is 5.16 Å². The largest absolute Gasteiger partial charge is 0.314 e. The molecule has 1 aromatic heterocycles. The Morgan fingerprint density at radius 3 is 2.69 bits per heavy atom. The highest BCUT2D eigenvalue weighted by molar-refractivity contribution is 7.99. The van der Waals surface area contributed by atoms with Crippen LogP contribution in [0.15, 0.2) is 5.16 Å². The standard InChI is InChI=1S/C10H19N5S/c1-9-12-13-10(14(9)2)16-8-7-15-5-3-11-4-6-15/h11H,3-8H2,1-2H3. The summed E-state index contributed by atoms with van der Waals surface area (Å²) >= 11 is 1.79. The van der Waals surface area contributed by atoms with Gasteiger partial charge in [-0.1, -0.05) is 11.8 Å². The summed E-state index contributed by atoms with van der Waals surface area (Å²) in [5.41, 5.74) is 0. The third-order valence-corrected chi connectivity index (χ3v) is 3.90. The van der Waals surface area contributed by atoms with E-state index in [-0.39, 0.29) is 0 Å². The zero-order valence-electron chi connectivity index (χ0n) is 9.94. The van der Waals surface area contributed by atoms with Crippen LogP contribution in [0.2, 0.25) is 0 Å². The van der Waals surface area contributed by atoms with Gasteiger partial charge in [0.05, 0.1) is 0 Å². The fourth-order valence-electron chi connectivity index (χ4n) is 1.71. The van der Waals surface area contributed by atoms with Crippen LogP contribution in [0.25, 0.3) is 0 Å². The molecule has 1 aliphatic rings. The van der Waals surface area contributed by atoms with Crippen molar-refractivity contribution >= 4 is 11.8 Å². The first kappa shape index (κ1) is 11.9. The molecule has 0 saturated carbocycles. The first-order chi connectivity index (χ1) is 7.77. The number of thioether (sulfide) groups is 1. The van der Waals surface area contributed by atoms with Crippen molar-refractivity contribution in [2.45, 2.75) is 12.1 Å². The zero-order valence-corrected chi connectivity index (χ0v) is 10.8. The highest BCUT2D eigenvalue weighted by atomic mass is 32.2. The number of rotatable bonds is 4. The molecule has 1 fully saturated rings. The lowest BCUT2D eigenvalue weighted by atomic mass is 10.4. The Kier molecular flexibility index (Phi) is 4.20. The van der Waals surface area contributed by atoms with Gasteiger partial charge in [0.1, 0.15) is 5.82 Å². The van der Waals surface area contributed by atoms with E-state index in [1.165, 1.54) is 13.1 Å². The van der Waals surface area contributed by atoms with E-state index in [1.807, 2.05) is 18.5 Å². The number of hydrogen-bond acceptors (Lipinski definition) is 5. The molecule has 0 spiro atoms. The zero-order chi connectivity index (χ0) is 11.4. The number of nitrogens with zero attached hydrogens (tertiary/aromatic N) is 4. The lowest BCUT2D eigenvalue weighted by Gasteiger charge is -2.26. The van der Waals surface area contributed by atoms with Gasteiger partial charge in [-0.05, 0) is 6.92 Å². The Morgan fingerprint density at radius 1 is 1.31 bits per heavy atom. The summed E-state index contributed by atoms with van der Waals surface area (Å²) in [5.74, 6) is 2.07. The van der Waals surface area contributed by atoms with Crippen LogP contribution in [0.1, 0.15) is 5.82 Å². The number of nitrogens with one attached hydrogen (secondary N) is 1. The molecule has 0 radical (unpaired) electrons. The smallest absolute Gasteiger partial charge is 0.190 e. The van der Waals surface area contributed by atoms with E-state index in [0.29, 0.717) is 0 Å². The SMILES string of the molecule is Cc1nnc(SCCN2CCNCC2)n1C. The molecule has 1 aliphatic heterocycles. The minimum Gasteiger partial charge on any atom is -0.314 e. The summed E-state index contributed by atoms with van der Waals surface area (Å²) in [7, 11) is 2.02. The van der Waals surface area contributed by atoms with Crippen LogP contribution >= 0.6 is 11.8 Å². The van der Waals surface area contributed by atoms with Gasteiger partial charge >= 0.3 is 0 Å². The van der Waals surface area contributed by atoms with E-state index in [0.717, 1.165) is 36.4 Å². The van der Waals surface area contributed by atoms with Gasteiger partial charge < -0.3 is 9.88 Å².